The summed E-state index contributed by atoms with van der Waals surface area (Å²) in [5.41, 5.74) is 3.54. The normalized spacial score (nSPS) is 17.0. The Morgan fingerprint density at radius 3 is 2.63 bits per heavy atom. The molecule has 1 aliphatic carbocycles. The number of likely N-dealkylation sites (tertiary alicyclic amines) is 1. The van der Waals surface area contributed by atoms with Gasteiger partial charge in [0.15, 0.2) is 0 Å². The van der Waals surface area contributed by atoms with E-state index in [1.807, 2.05) is 32.2 Å². The number of nitrogens with zero attached hydrogens (tertiary/aromatic N) is 2. The lowest BCUT2D eigenvalue weighted by Crippen LogP contribution is -2.41. The fourth-order valence-electron chi connectivity index (χ4n) is 4.06. The molecular formula is C23H29N3O3S. The van der Waals surface area contributed by atoms with Crippen molar-refractivity contribution in [2.24, 2.45) is 0 Å². The lowest BCUT2D eigenvalue weighted by molar-refractivity contribution is 0.0205. The molecule has 2 heterocycles. The van der Waals surface area contributed by atoms with Crippen LogP contribution in [0.5, 0.6) is 0 Å². The molecule has 2 aromatic rings. The second-order valence-electron chi connectivity index (χ2n) is 9.10. The van der Waals surface area contributed by atoms with Crippen LogP contribution in [0.1, 0.15) is 72.6 Å². The zero-order valence-electron chi connectivity index (χ0n) is 17.9. The van der Waals surface area contributed by atoms with E-state index in [-0.39, 0.29) is 17.9 Å². The summed E-state index contributed by atoms with van der Waals surface area (Å²) >= 11 is 1.53. The summed E-state index contributed by atoms with van der Waals surface area (Å²) in [4.78, 5) is 31.2. The number of benzene rings is 1. The number of piperidine rings is 1. The molecule has 1 aromatic heterocycles. The number of aromatic nitrogens is 1. The number of carbonyl (C=O) groups is 2. The van der Waals surface area contributed by atoms with Crippen LogP contribution < -0.4 is 5.32 Å². The van der Waals surface area contributed by atoms with E-state index in [9.17, 15) is 9.59 Å². The van der Waals surface area contributed by atoms with Gasteiger partial charge >= 0.3 is 6.09 Å². The van der Waals surface area contributed by atoms with Crippen molar-refractivity contribution in [3.63, 3.8) is 0 Å². The molecule has 2 amide bonds. The average molecular weight is 428 g/mol. The topological polar surface area (TPSA) is 71.5 Å². The largest absolute Gasteiger partial charge is 0.444 e. The van der Waals surface area contributed by atoms with E-state index in [4.69, 9.17) is 4.74 Å². The summed E-state index contributed by atoms with van der Waals surface area (Å²) in [5.74, 6) is 0.108. The maximum absolute atomic E-state index is 12.6. The maximum atomic E-state index is 12.6. The van der Waals surface area contributed by atoms with Crippen LogP contribution in [0, 0.1) is 0 Å². The molecule has 0 saturated carbocycles. The van der Waals surface area contributed by atoms with E-state index in [2.05, 4.69) is 22.4 Å². The van der Waals surface area contributed by atoms with Crippen LogP contribution in [0.15, 0.2) is 23.6 Å². The quantitative estimate of drug-likeness (QED) is 0.748. The van der Waals surface area contributed by atoms with Gasteiger partial charge in [0.25, 0.3) is 5.91 Å². The van der Waals surface area contributed by atoms with E-state index in [1.54, 1.807) is 4.90 Å². The molecule has 1 saturated heterocycles. The number of hydrogen-bond donors (Lipinski definition) is 1. The first-order valence-corrected chi connectivity index (χ1v) is 11.5. The first-order valence-electron chi connectivity index (χ1n) is 10.6. The predicted molar refractivity (Wildman–Crippen MR) is 118 cm³/mol. The van der Waals surface area contributed by atoms with Gasteiger partial charge in [-0.1, -0.05) is 6.07 Å². The Balaban J connectivity index is 1.33. The van der Waals surface area contributed by atoms with Crippen molar-refractivity contribution >= 4 is 29.0 Å². The zero-order valence-corrected chi connectivity index (χ0v) is 18.7. The van der Waals surface area contributed by atoms with Crippen LogP contribution in [-0.4, -0.2) is 40.6 Å². The van der Waals surface area contributed by atoms with Crippen molar-refractivity contribution in [3.05, 3.63) is 45.4 Å². The third-order valence-electron chi connectivity index (χ3n) is 5.61. The summed E-state index contributed by atoms with van der Waals surface area (Å²) in [6.07, 6.45) is 4.81. The molecular weight excluding hydrogens is 398 g/mol. The summed E-state index contributed by atoms with van der Waals surface area (Å²) in [6, 6.07) is 6.17. The number of anilines is 1. The molecule has 4 rings (SSSR count). The lowest BCUT2D eigenvalue weighted by atomic mass is 9.98. The van der Waals surface area contributed by atoms with Crippen molar-refractivity contribution in [1.82, 2.24) is 9.88 Å². The van der Waals surface area contributed by atoms with Gasteiger partial charge in [-0.05, 0) is 76.1 Å². The van der Waals surface area contributed by atoms with E-state index in [1.165, 1.54) is 28.9 Å². The minimum Gasteiger partial charge on any atom is -0.444 e. The minimum absolute atomic E-state index is 0.165. The monoisotopic (exact) mass is 427 g/mol. The van der Waals surface area contributed by atoms with Crippen LogP contribution in [-0.2, 0) is 17.6 Å². The number of amides is 2. The number of ether oxygens (including phenoxy) is 1. The number of nitrogens with one attached hydrogen (secondary N) is 1. The van der Waals surface area contributed by atoms with Crippen molar-refractivity contribution in [2.45, 2.75) is 64.4 Å². The predicted octanol–water partition coefficient (Wildman–Crippen LogP) is 5.00. The Kier molecular flexibility index (Phi) is 5.82. The molecule has 0 spiro atoms. The molecule has 1 N–H and O–H groups in total. The van der Waals surface area contributed by atoms with Gasteiger partial charge in [-0.3, -0.25) is 4.79 Å². The van der Waals surface area contributed by atoms with Crippen molar-refractivity contribution in [3.8, 4) is 0 Å². The molecule has 2 aliphatic rings. The Morgan fingerprint density at radius 1 is 1.17 bits per heavy atom. The summed E-state index contributed by atoms with van der Waals surface area (Å²) in [5, 5.41) is 5.79. The Labute approximate surface area is 181 Å². The third kappa shape index (κ3) is 4.83. The Bertz CT molecular complexity index is 939. The molecule has 0 bridgehead atoms. The second kappa shape index (κ2) is 8.38. The van der Waals surface area contributed by atoms with Crippen LogP contribution in [0.3, 0.4) is 0 Å². The van der Waals surface area contributed by atoms with Gasteiger partial charge in [-0.25, -0.2) is 9.78 Å². The van der Waals surface area contributed by atoms with Gasteiger partial charge < -0.3 is 15.0 Å². The summed E-state index contributed by atoms with van der Waals surface area (Å²) in [7, 11) is 0. The Hall–Kier alpha value is -2.41. The molecule has 0 radical (unpaired) electrons. The first-order chi connectivity index (χ1) is 14.3. The highest BCUT2D eigenvalue weighted by Crippen LogP contribution is 2.31. The first kappa shape index (κ1) is 20.8. The van der Waals surface area contributed by atoms with Gasteiger partial charge in [0, 0.05) is 30.1 Å². The van der Waals surface area contributed by atoms with E-state index in [0.717, 1.165) is 36.4 Å². The highest BCUT2D eigenvalue weighted by molar-refractivity contribution is 7.10. The standard InChI is InChI=1S/C23H29N3O3S/c1-23(2,3)29-22(28)26-11-9-16(10-12-26)21-25-19(14-30-21)20(27)24-18-8-7-15-5-4-6-17(15)13-18/h7-8,13-14,16H,4-6,9-12H2,1-3H3,(H,24,27). The summed E-state index contributed by atoms with van der Waals surface area (Å²) < 4.78 is 5.46. The average Bonchev–Trinajstić information content (AvgIpc) is 3.36. The Morgan fingerprint density at radius 2 is 1.90 bits per heavy atom. The number of thiazole rings is 1. The van der Waals surface area contributed by atoms with Crippen LogP contribution in [0.25, 0.3) is 0 Å². The van der Waals surface area contributed by atoms with E-state index in [0.29, 0.717) is 18.8 Å². The molecule has 0 atom stereocenters. The van der Waals surface area contributed by atoms with Crippen LogP contribution in [0.2, 0.25) is 0 Å². The van der Waals surface area contributed by atoms with Gasteiger partial charge in [0.05, 0.1) is 5.01 Å². The lowest BCUT2D eigenvalue weighted by Gasteiger charge is -2.32. The van der Waals surface area contributed by atoms with Crippen molar-refractivity contribution < 1.29 is 14.3 Å². The third-order valence-corrected chi connectivity index (χ3v) is 6.61. The molecule has 1 aromatic carbocycles. The van der Waals surface area contributed by atoms with Crippen LogP contribution in [0.4, 0.5) is 10.5 Å². The molecule has 1 fully saturated rings. The number of hydrogen-bond acceptors (Lipinski definition) is 5. The summed E-state index contributed by atoms with van der Waals surface area (Å²) in [6.45, 7) is 6.93. The molecule has 30 heavy (non-hydrogen) atoms. The van der Waals surface area contributed by atoms with E-state index < -0.39 is 5.60 Å². The number of carbonyl (C=O) groups excluding carboxylic acids is 2. The van der Waals surface area contributed by atoms with Crippen molar-refractivity contribution in [2.75, 3.05) is 18.4 Å². The SMILES string of the molecule is CC(C)(C)OC(=O)N1CCC(c2nc(C(=O)Nc3ccc4c(c3)CCC4)cs2)CC1. The van der Waals surface area contributed by atoms with Gasteiger partial charge in [0.2, 0.25) is 0 Å². The van der Waals surface area contributed by atoms with Crippen LogP contribution >= 0.6 is 11.3 Å². The van der Waals surface area contributed by atoms with Gasteiger partial charge in [-0.15, -0.1) is 11.3 Å². The molecule has 6 nitrogen and oxygen atoms in total. The van der Waals surface area contributed by atoms with E-state index >= 15 is 0 Å². The molecule has 160 valence electrons. The molecule has 0 unspecified atom stereocenters. The highest BCUT2D eigenvalue weighted by Gasteiger charge is 2.29. The fraction of sp³-hybridized carbons (Fsp3) is 0.522. The van der Waals surface area contributed by atoms with Gasteiger partial charge in [0.1, 0.15) is 11.3 Å². The number of fused-ring (bicyclic) bond motifs is 1. The smallest absolute Gasteiger partial charge is 0.410 e. The number of aryl methyl sites for hydroxylation is 2. The number of rotatable bonds is 3. The van der Waals surface area contributed by atoms with Crippen molar-refractivity contribution in [1.29, 1.82) is 0 Å². The fourth-order valence-corrected chi connectivity index (χ4v) is 5.03. The highest BCUT2D eigenvalue weighted by atomic mass is 32.1. The minimum atomic E-state index is -0.482. The zero-order chi connectivity index (χ0) is 21.3. The maximum Gasteiger partial charge on any atom is 0.410 e. The second-order valence-corrected chi connectivity index (χ2v) is 9.99. The molecule has 1 aliphatic heterocycles. The molecule has 7 heteroatoms. The van der Waals surface area contributed by atoms with Gasteiger partial charge in [-0.2, -0.15) is 0 Å².